The van der Waals surface area contributed by atoms with Crippen molar-refractivity contribution < 1.29 is 17.6 Å². The quantitative estimate of drug-likeness (QED) is 0.642. The number of alkyl halides is 4. The van der Waals surface area contributed by atoms with Crippen molar-refractivity contribution in [1.82, 2.24) is 24.9 Å². The first kappa shape index (κ1) is 19.9. The van der Waals surface area contributed by atoms with Crippen molar-refractivity contribution in [1.29, 1.82) is 0 Å². The molecule has 0 aromatic carbocycles. The van der Waals surface area contributed by atoms with Gasteiger partial charge in [0, 0.05) is 17.6 Å². The Morgan fingerprint density at radius 2 is 1.83 bits per heavy atom. The minimum atomic E-state index is -4.58. The Morgan fingerprint density at radius 1 is 1.07 bits per heavy atom. The second-order valence-corrected chi connectivity index (χ2v) is 7.27. The van der Waals surface area contributed by atoms with Gasteiger partial charge in [-0.15, -0.1) is 0 Å². The Balaban J connectivity index is 1.71. The number of aryl methyl sites for hydroxylation is 1. The maximum atomic E-state index is 14.0. The maximum Gasteiger partial charge on any atom is 0.433 e. The smallest absolute Gasteiger partial charge is 0.334 e. The Labute approximate surface area is 169 Å². The van der Waals surface area contributed by atoms with E-state index in [1.165, 1.54) is 13.0 Å². The predicted molar refractivity (Wildman–Crippen MR) is 102 cm³/mol. The van der Waals surface area contributed by atoms with Crippen LogP contribution in [0.15, 0.2) is 36.5 Å². The average Bonchev–Trinajstić information content (AvgIpc) is 2.65. The Bertz CT molecular complexity index is 1080. The number of hydrogen-bond donors (Lipinski definition) is 1. The molecule has 4 heterocycles. The van der Waals surface area contributed by atoms with Gasteiger partial charge in [-0.1, -0.05) is 6.07 Å². The molecule has 0 spiro atoms. The normalized spacial score (nSPS) is 15.6. The van der Waals surface area contributed by atoms with Crippen molar-refractivity contribution in [3.63, 3.8) is 0 Å². The highest BCUT2D eigenvalue weighted by molar-refractivity contribution is 5.59. The van der Waals surface area contributed by atoms with Crippen molar-refractivity contribution in [2.45, 2.75) is 25.7 Å². The molecule has 0 unspecified atom stereocenters. The van der Waals surface area contributed by atoms with E-state index in [0.717, 1.165) is 18.0 Å². The van der Waals surface area contributed by atoms with Crippen molar-refractivity contribution >= 4 is 17.6 Å². The number of halogens is 4. The molecule has 0 atom stereocenters. The van der Waals surface area contributed by atoms with Gasteiger partial charge in [-0.05, 0) is 38.1 Å². The van der Waals surface area contributed by atoms with Gasteiger partial charge in [0.1, 0.15) is 17.1 Å². The second-order valence-electron chi connectivity index (χ2n) is 7.27. The zero-order valence-corrected chi connectivity index (χ0v) is 16.1. The minimum absolute atomic E-state index is 0.0186. The van der Waals surface area contributed by atoms with Gasteiger partial charge in [-0.25, -0.2) is 9.37 Å². The molecule has 1 saturated heterocycles. The van der Waals surface area contributed by atoms with Gasteiger partial charge in [0.25, 0.3) is 0 Å². The van der Waals surface area contributed by atoms with Gasteiger partial charge >= 0.3 is 6.18 Å². The van der Waals surface area contributed by atoms with Crippen LogP contribution in [-0.2, 0) is 6.18 Å². The fourth-order valence-corrected chi connectivity index (χ4v) is 3.03. The molecule has 0 amide bonds. The average molecular weight is 419 g/mol. The van der Waals surface area contributed by atoms with E-state index in [1.807, 2.05) is 13.0 Å². The molecule has 1 N–H and O–H groups in total. The summed E-state index contributed by atoms with van der Waals surface area (Å²) < 4.78 is 52.8. The van der Waals surface area contributed by atoms with E-state index in [-0.39, 0.29) is 36.5 Å². The van der Waals surface area contributed by atoms with Crippen LogP contribution >= 0.6 is 0 Å². The van der Waals surface area contributed by atoms with Crippen LogP contribution in [0.3, 0.4) is 0 Å². The number of aromatic nitrogens is 5. The van der Waals surface area contributed by atoms with Crippen LogP contribution in [0.4, 0.5) is 35.1 Å². The van der Waals surface area contributed by atoms with Crippen molar-refractivity contribution in [3.05, 3.63) is 47.9 Å². The lowest BCUT2D eigenvalue weighted by molar-refractivity contribution is -0.141. The van der Waals surface area contributed by atoms with Gasteiger partial charge < -0.3 is 10.2 Å². The Hall–Kier alpha value is -3.37. The molecule has 1 fully saturated rings. The Morgan fingerprint density at radius 3 is 2.50 bits per heavy atom. The molecule has 0 radical (unpaired) electrons. The van der Waals surface area contributed by atoms with Crippen LogP contribution in [0.2, 0.25) is 0 Å². The van der Waals surface area contributed by atoms with Crippen LogP contribution < -0.4 is 10.2 Å². The molecule has 4 rings (SSSR count). The predicted octanol–water partition coefficient (Wildman–Crippen LogP) is 3.95. The highest BCUT2D eigenvalue weighted by atomic mass is 19.4. The summed E-state index contributed by atoms with van der Waals surface area (Å²) in [6.45, 7) is 3.49. The topological polar surface area (TPSA) is 79.7 Å². The molecule has 0 bridgehead atoms. The third-order valence-corrected chi connectivity index (χ3v) is 4.37. The number of rotatable bonds is 4. The lowest BCUT2D eigenvalue weighted by atomic mass is 10.00. The largest absolute Gasteiger partial charge is 0.433 e. The standard InChI is InChI=1S/C19H17F4N7/c1-11-4-3-5-13(25-11)15-27-16(29-17(28-15)30-9-18(2,20)10-30)26-12-6-7-24-14(8-12)19(21,22)23/h3-8H,9-10H2,1-2H3,(H,24,26,27,28,29). The van der Waals surface area contributed by atoms with Gasteiger partial charge in [-0.2, -0.15) is 28.1 Å². The molecule has 30 heavy (non-hydrogen) atoms. The molecule has 0 aliphatic carbocycles. The van der Waals surface area contributed by atoms with Crippen LogP contribution in [0, 0.1) is 6.92 Å². The SMILES string of the molecule is Cc1cccc(-c2nc(Nc3ccnc(C(F)(F)F)c3)nc(N3CC(C)(F)C3)n2)n1. The van der Waals surface area contributed by atoms with Gasteiger partial charge in [-0.3, -0.25) is 4.98 Å². The Kier molecular flexibility index (Phi) is 4.75. The summed E-state index contributed by atoms with van der Waals surface area (Å²) >= 11 is 0. The van der Waals surface area contributed by atoms with E-state index >= 15 is 0 Å². The van der Waals surface area contributed by atoms with E-state index in [9.17, 15) is 17.6 Å². The zero-order valence-electron chi connectivity index (χ0n) is 16.1. The minimum Gasteiger partial charge on any atom is -0.334 e. The van der Waals surface area contributed by atoms with Crippen molar-refractivity contribution in [3.8, 4) is 11.5 Å². The van der Waals surface area contributed by atoms with E-state index in [1.54, 1.807) is 17.0 Å². The monoisotopic (exact) mass is 419 g/mol. The molecule has 156 valence electrons. The molecule has 7 nitrogen and oxygen atoms in total. The van der Waals surface area contributed by atoms with E-state index in [4.69, 9.17) is 0 Å². The summed E-state index contributed by atoms with van der Waals surface area (Å²) in [5.41, 5.74) is -1.08. The van der Waals surface area contributed by atoms with Crippen molar-refractivity contribution in [2.75, 3.05) is 23.3 Å². The number of pyridine rings is 2. The molecule has 0 saturated carbocycles. The summed E-state index contributed by atoms with van der Waals surface area (Å²) in [6.07, 6.45) is -3.54. The highest BCUT2D eigenvalue weighted by Gasteiger charge is 2.40. The summed E-state index contributed by atoms with van der Waals surface area (Å²) in [7, 11) is 0. The molecular weight excluding hydrogens is 402 g/mol. The lowest BCUT2D eigenvalue weighted by Gasteiger charge is -2.42. The summed E-state index contributed by atoms with van der Waals surface area (Å²) in [5, 5.41) is 2.75. The van der Waals surface area contributed by atoms with E-state index < -0.39 is 17.5 Å². The maximum absolute atomic E-state index is 14.0. The van der Waals surface area contributed by atoms with Crippen LogP contribution in [0.25, 0.3) is 11.5 Å². The van der Waals surface area contributed by atoms with Crippen LogP contribution in [-0.4, -0.2) is 43.7 Å². The highest BCUT2D eigenvalue weighted by Crippen LogP contribution is 2.31. The molecule has 1 aliphatic rings. The van der Waals surface area contributed by atoms with Crippen LogP contribution in [0.5, 0.6) is 0 Å². The first-order valence-electron chi connectivity index (χ1n) is 9.03. The number of nitrogens with zero attached hydrogens (tertiary/aromatic N) is 6. The van der Waals surface area contributed by atoms with Gasteiger partial charge in [0.05, 0.1) is 13.1 Å². The van der Waals surface area contributed by atoms with Crippen LogP contribution in [0.1, 0.15) is 18.3 Å². The molecule has 3 aromatic heterocycles. The zero-order chi connectivity index (χ0) is 21.5. The number of anilines is 3. The molecule has 11 heteroatoms. The summed E-state index contributed by atoms with van der Waals surface area (Å²) in [5.74, 6) is 0.458. The summed E-state index contributed by atoms with van der Waals surface area (Å²) in [4.78, 5) is 22.3. The fraction of sp³-hybridized carbons (Fsp3) is 0.316. The second kappa shape index (κ2) is 7.15. The number of hydrogen-bond acceptors (Lipinski definition) is 7. The lowest BCUT2D eigenvalue weighted by Crippen LogP contribution is -2.57. The third kappa shape index (κ3) is 4.29. The van der Waals surface area contributed by atoms with Gasteiger partial charge in [0.2, 0.25) is 11.9 Å². The fourth-order valence-electron chi connectivity index (χ4n) is 3.03. The number of nitrogens with one attached hydrogen (secondary N) is 1. The molecular formula is C19H17F4N7. The van der Waals surface area contributed by atoms with Gasteiger partial charge in [0.15, 0.2) is 5.82 Å². The van der Waals surface area contributed by atoms with E-state index in [0.29, 0.717) is 5.69 Å². The summed E-state index contributed by atoms with van der Waals surface area (Å²) in [6, 6.07) is 7.53. The first-order chi connectivity index (χ1) is 14.1. The molecule has 3 aromatic rings. The van der Waals surface area contributed by atoms with Crippen molar-refractivity contribution in [2.24, 2.45) is 0 Å². The third-order valence-electron chi connectivity index (χ3n) is 4.37. The molecule has 1 aliphatic heterocycles. The first-order valence-corrected chi connectivity index (χ1v) is 9.03. The van der Waals surface area contributed by atoms with E-state index in [2.05, 4.69) is 30.2 Å².